The average molecular weight is 306 g/mol. The summed E-state index contributed by atoms with van der Waals surface area (Å²) < 4.78 is 5.69. The standard InChI is InChI=1S/C14H12ClN3OS/c1-8(2)11-12(15)16-7-17-13(11)20-14-18-9-5-3-4-6-10(9)19-14/h3-8H,1-2H3. The molecular formula is C14H12ClN3OS. The van der Waals surface area contributed by atoms with Crippen LogP contribution in [0, 0.1) is 0 Å². The number of benzene rings is 1. The van der Waals surface area contributed by atoms with Gasteiger partial charge in [0.2, 0.25) is 0 Å². The van der Waals surface area contributed by atoms with Crippen molar-refractivity contribution in [1.29, 1.82) is 0 Å². The van der Waals surface area contributed by atoms with Crippen LogP contribution in [-0.2, 0) is 0 Å². The second-order valence-corrected chi connectivity index (χ2v) is 5.89. The number of halogens is 1. The molecular weight excluding hydrogens is 294 g/mol. The Labute approximate surface area is 125 Å². The Kier molecular flexibility index (Phi) is 3.63. The third-order valence-electron chi connectivity index (χ3n) is 2.83. The molecule has 0 radical (unpaired) electrons. The molecule has 3 aromatic rings. The van der Waals surface area contributed by atoms with Gasteiger partial charge in [-0.1, -0.05) is 37.6 Å². The molecule has 0 bridgehead atoms. The third-order valence-corrected chi connectivity index (χ3v) is 4.00. The Hall–Kier alpha value is -1.59. The van der Waals surface area contributed by atoms with Crippen LogP contribution in [0.5, 0.6) is 0 Å². The number of aromatic nitrogens is 3. The van der Waals surface area contributed by atoms with Crippen molar-refractivity contribution in [3.05, 3.63) is 41.3 Å². The van der Waals surface area contributed by atoms with Gasteiger partial charge in [0.05, 0.1) is 0 Å². The lowest BCUT2D eigenvalue weighted by Crippen LogP contribution is -1.97. The van der Waals surface area contributed by atoms with Crippen molar-refractivity contribution in [3.63, 3.8) is 0 Å². The molecule has 20 heavy (non-hydrogen) atoms. The number of rotatable bonds is 3. The maximum absolute atomic E-state index is 6.15. The van der Waals surface area contributed by atoms with Crippen LogP contribution in [0.15, 0.2) is 45.3 Å². The summed E-state index contributed by atoms with van der Waals surface area (Å²) >= 11 is 7.52. The number of fused-ring (bicyclic) bond motifs is 1. The highest BCUT2D eigenvalue weighted by atomic mass is 35.5. The maximum atomic E-state index is 6.15. The lowest BCUT2D eigenvalue weighted by Gasteiger charge is -2.10. The molecule has 0 amide bonds. The Bertz CT molecular complexity index is 724. The van der Waals surface area contributed by atoms with Gasteiger partial charge in [-0.3, -0.25) is 0 Å². The maximum Gasteiger partial charge on any atom is 0.263 e. The van der Waals surface area contributed by atoms with Gasteiger partial charge in [0.15, 0.2) is 5.58 Å². The van der Waals surface area contributed by atoms with Crippen LogP contribution in [0.4, 0.5) is 0 Å². The summed E-state index contributed by atoms with van der Waals surface area (Å²) in [6.07, 6.45) is 1.46. The molecule has 6 heteroatoms. The van der Waals surface area contributed by atoms with E-state index in [1.165, 1.54) is 18.1 Å². The SMILES string of the molecule is CC(C)c1c(Cl)ncnc1Sc1nc2ccccc2o1. The molecule has 0 spiro atoms. The van der Waals surface area contributed by atoms with Crippen LogP contribution in [-0.4, -0.2) is 15.0 Å². The van der Waals surface area contributed by atoms with Crippen LogP contribution in [0.1, 0.15) is 25.3 Å². The van der Waals surface area contributed by atoms with Crippen LogP contribution >= 0.6 is 23.4 Å². The van der Waals surface area contributed by atoms with Gasteiger partial charge < -0.3 is 4.42 Å². The Morgan fingerprint density at radius 2 is 2.00 bits per heavy atom. The van der Waals surface area contributed by atoms with Crippen LogP contribution < -0.4 is 0 Å². The molecule has 2 aromatic heterocycles. The molecule has 0 saturated carbocycles. The number of hydrogen-bond donors (Lipinski definition) is 0. The zero-order valence-corrected chi connectivity index (χ0v) is 12.6. The first-order valence-electron chi connectivity index (χ1n) is 6.19. The van der Waals surface area contributed by atoms with E-state index >= 15 is 0 Å². The molecule has 102 valence electrons. The summed E-state index contributed by atoms with van der Waals surface area (Å²) in [5.74, 6) is 0.232. The van der Waals surface area contributed by atoms with E-state index in [4.69, 9.17) is 16.0 Å². The van der Waals surface area contributed by atoms with Crippen molar-refractivity contribution >= 4 is 34.5 Å². The first kappa shape index (κ1) is 13.4. The summed E-state index contributed by atoms with van der Waals surface area (Å²) in [5, 5.41) is 1.82. The Morgan fingerprint density at radius 1 is 1.20 bits per heavy atom. The summed E-state index contributed by atoms with van der Waals surface area (Å²) in [5.41, 5.74) is 2.52. The monoisotopic (exact) mass is 305 g/mol. The predicted molar refractivity (Wildman–Crippen MR) is 79.3 cm³/mol. The van der Waals surface area contributed by atoms with E-state index in [0.717, 1.165) is 21.7 Å². The fraction of sp³-hybridized carbons (Fsp3) is 0.214. The van der Waals surface area contributed by atoms with Crippen LogP contribution in [0.25, 0.3) is 11.1 Å². The van der Waals surface area contributed by atoms with Gasteiger partial charge in [0.1, 0.15) is 22.0 Å². The van der Waals surface area contributed by atoms with Gasteiger partial charge in [0.25, 0.3) is 5.22 Å². The molecule has 0 unspecified atom stereocenters. The van der Waals surface area contributed by atoms with E-state index in [0.29, 0.717) is 10.4 Å². The second-order valence-electron chi connectivity index (χ2n) is 4.59. The Balaban J connectivity index is 2.00. The van der Waals surface area contributed by atoms with E-state index in [-0.39, 0.29) is 5.92 Å². The highest BCUT2D eigenvalue weighted by molar-refractivity contribution is 7.99. The molecule has 0 saturated heterocycles. The fourth-order valence-corrected chi connectivity index (χ4v) is 3.29. The summed E-state index contributed by atoms with van der Waals surface area (Å²) in [6, 6.07) is 7.66. The molecule has 0 aliphatic heterocycles. The molecule has 0 atom stereocenters. The molecule has 1 aromatic carbocycles. The number of hydrogen-bond acceptors (Lipinski definition) is 5. The minimum atomic E-state index is 0.232. The molecule has 0 aliphatic rings. The van der Waals surface area contributed by atoms with Gasteiger partial charge in [0, 0.05) is 5.56 Å². The minimum absolute atomic E-state index is 0.232. The lowest BCUT2D eigenvalue weighted by molar-refractivity contribution is 0.489. The Morgan fingerprint density at radius 3 is 2.75 bits per heavy atom. The van der Waals surface area contributed by atoms with Gasteiger partial charge >= 0.3 is 0 Å². The summed E-state index contributed by atoms with van der Waals surface area (Å²) in [6.45, 7) is 4.11. The topological polar surface area (TPSA) is 51.8 Å². The van der Waals surface area contributed by atoms with Gasteiger partial charge in [-0.25, -0.2) is 15.0 Å². The van der Waals surface area contributed by atoms with E-state index < -0.39 is 0 Å². The van der Waals surface area contributed by atoms with Crippen molar-refractivity contribution in [1.82, 2.24) is 15.0 Å². The molecule has 0 aliphatic carbocycles. The van der Waals surface area contributed by atoms with Gasteiger partial charge in [-0.05, 0) is 29.8 Å². The number of oxazole rings is 1. The van der Waals surface area contributed by atoms with Gasteiger partial charge in [-0.15, -0.1) is 0 Å². The zero-order chi connectivity index (χ0) is 14.1. The molecule has 4 nitrogen and oxygen atoms in total. The average Bonchev–Trinajstić information content (AvgIpc) is 2.80. The summed E-state index contributed by atoms with van der Waals surface area (Å²) in [4.78, 5) is 12.8. The van der Waals surface area contributed by atoms with Crippen molar-refractivity contribution < 1.29 is 4.42 Å². The van der Waals surface area contributed by atoms with E-state index in [9.17, 15) is 0 Å². The van der Waals surface area contributed by atoms with E-state index in [1.54, 1.807) is 0 Å². The molecule has 2 heterocycles. The highest BCUT2D eigenvalue weighted by Gasteiger charge is 2.17. The van der Waals surface area contributed by atoms with E-state index in [2.05, 4.69) is 28.8 Å². The number of nitrogens with zero attached hydrogens (tertiary/aromatic N) is 3. The molecule has 0 N–H and O–H groups in total. The second kappa shape index (κ2) is 5.42. The van der Waals surface area contributed by atoms with Crippen molar-refractivity contribution in [2.75, 3.05) is 0 Å². The van der Waals surface area contributed by atoms with Gasteiger partial charge in [-0.2, -0.15) is 0 Å². The molecule has 3 rings (SSSR count). The largest absolute Gasteiger partial charge is 0.431 e. The first-order valence-corrected chi connectivity index (χ1v) is 7.38. The number of para-hydroxylation sites is 2. The third kappa shape index (κ3) is 2.51. The van der Waals surface area contributed by atoms with Crippen molar-refractivity contribution in [3.8, 4) is 0 Å². The van der Waals surface area contributed by atoms with Crippen LogP contribution in [0.3, 0.4) is 0 Å². The smallest absolute Gasteiger partial charge is 0.263 e. The first-order chi connectivity index (χ1) is 9.65. The van der Waals surface area contributed by atoms with Crippen LogP contribution in [0.2, 0.25) is 5.15 Å². The normalized spacial score (nSPS) is 11.4. The summed E-state index contributed by atoms with van der Waals surface area (Å²) in [7, 11) is 0. The van der Waals surface area contributed by atoms with Crippen molar-refractivity contribution in [2.45, 2.75) is 30.0 Å². The highest BCUT2D eigenvalue weighted by Crippen LogP contribution is 2.35. The quantitative estimate of drug-likeness (QED) is 0.665. The lowest BCUT2D eigenvalue weighted by atomic mass is 10.1. The molecule has 0 fully saturated rings. The predicted octanol–water partition coefficient (Wildman–Crippen LogP) is 4.55. The van der Waals surface area contributed by atoms with Crippen molar-refractivity contribution in [2.24, 2.45) is 0 Å². The minimum Gasteiger partial charge on any atom is -0.431 e. The zero-order valence-electron chi connectivity index (χ0n) is 11.0. The fourth-order valence-electron chi connectivity index (χ4n) is 1.90. The van der Waals surface area contributed by atoms with E-state index in [1.807, 2.05) is 24.3 Å².